The summed E-state index contributed by atoms with van der Waals surface area (Å²) < 4.78 is 13.1. The number of hydrogen-bond donors (Lipinski definition) is 2. The Balaban J connectivity index is 1.07. The van der Waals surface area contributed by atoms with Gasteiger partial charge in [-0.25, -0.2) is 4.39 Å². The van der Waals surface area contributed by atoms with Crippen molar-refractivity contribution in [2.75, 3.05) is 19.6 Å². The number of nitrogens with zero attached hydrogens (tertiary/aromatic N) is 1. The maximum atomic E-state index is 13.1. The molecule has 2 aliphatic carbocycles. The molecule has 2 N–H and O–H groups in total. The van der Waals surface area contributed by atoms with E-state index in [4.69, 9.17) is 0 Å². The van der Waals surface area contributed by atoms with Crippen LogP contribution in [0, 0.1) is 23.6 Å². The molecule has 37 heavy (non-hydrogen) atoms. The average molecular weight is 514 g/mol. The molecule has 2 saturated carbocycles. The highest BCUT2D eigenvalue weighted by Crippen LogP contribution is 2.30. The van der Waals surface area contributed by atoms with Crippen LogP contribution in [0.5, 0.6) is 0 Å². The predicted molar refractivity (Wildman–Crippen MR) is 143 cm³/mol. The zero-order valence-corrected chi connectivity index (χ0v) is 22.4. The zero-order valence-electron chi connectivity index (χ0n) is 22.4. The minimum Gasteiger partial charge on any atom is -0.354 e. The van der Waals surface area contributed by atoms with Gasteiger partial charge in [0.25, 0.3) is 0 Å². The summed E-state index contributed by atoms with van der Waals surface area (Å²) in [6.07, 6.45) is 12.0. The van der Waals surface area contributed by atoms with E-state index in [-0.39, 0.29) is 35.4 Å². The number of ketones is 1. The summed E-state index contributed by atoms with van der Waals surface area (Å²) in [6, 6.07) is 6.52. The van der Waals surface area contributed by atoms with Gasteiger partial charge in [0.15, 0.2) is 5.78 Å². The number of hydrogen-bond acceptors (Lipinski definition) is 4. The molecule has 1 aliphatic heterocycles. The number of nitrogens with one attached hydrogen (secondary N) is 2. The molecule has 3 fully saturated rings. The summed E-state index contributed by atoms with van der Waals surface area (Å²) in [5, 5.41) is 6.30. The summed E-state index contributed by atoms with van der Waals surface area (Å²) in [5.74, 6) is 1.29. The molecule has 6 nitrogen and oxygen atoms in total. The van der Waals surface area contributed by atoms with Gasteiger partial charge in [0, 0.05) is 36.9 Å². The molecular formula is C30H44FN3O3. The molecule has 1 aromatic carbocycles. The van der Waals surface area contributed by atoms with Crippen molar-refractivity contribution < 1.29 is 18.8 Å². The van der Waals surface area contributed by atoms with Crippen LogP contribution in [0.15, 0.2) is 24.3 Å². The van der Waals surface area contributed by atoms with Crippen molar-refractivity contribution in [1.82, 2.24) is 15.5 Å². The zero-order chi connectivity index (χ0) is 26.2. The first kappa shape index (κ1) is 27.7. The molecule has 204 valence electrons. The Labute approximate surface area is 221 Å². The third-order valence-corrected chi connectivity index (χ3v) is 8.88. The lowest BCUT2D eigenvalue weighted by Crippen LogP contribution is -2.40. The lowest BCUT2D eigenvalue weighted by atomic mass is 9.82. The molecule has 3 aliphatic rings. The van der Waals surface area contributed by atoms with Crippen LogP contribution in [0.4, 0.5) is 4.39 Å². The summed E-state index contributed by atoms with van der Waals surface area (Å²) in [5.41, 5.74) is 0.623. The fourth-order valence-electron chi connectivity index (χ4n) is 6.58. The average Bonchev–Trinajstić information content (AvgIpc) is 2.89. The van der Waals surface area contributed by atoms with Crippen LogP contribution < -0.4 is 10.6 Å². The van der Waals surface area contributed by atoms with Gasteiger partial charge < -0.3 is 15.5 Å². The maximum Gasteiger partial charge on any atom is 0.220 e. The van der Waals surface area contributed by atoms with Gasteiger partial charge in [-0.15, -0.1) is 0 Å². The van der Waals surface area contributed by atoms with Gasteiger partial charge in [0.2, 0.25) is 11.8 Å². The van der Waals surface area contributed by atoms with Crippen LogP contribution in [0.1, 0.15) is 94.3 Å². The van der Waals surface area contributed by atoms with Crippen molar-refractivity contribution in [3.05, 3.63) is 35.6 Å². The molecule has 4 rings (SSSR count). The number of halogens is 1. The van der Waals surface area contributed by atoms with Gasteiger partial charge in [0.1, 0.15) is 5.82 Å². The molecule has 0 bridgehead atoms. The number of Topliss-reactive ketones (excluding diaryl/α,β-unsaturated/α-hetero) is 1. The Morgan fingerprint density at radius 2 is 1.38 bits per heavy atom. The number of rotatable bonds is 9. The molecule has 0 atom stereocenters. The molecule has 0 unspecified atom stereocenters. The molecule has 1 aromatic rings. The molecule has 7 heteroatoms. The van der Waals surface area contributed by atoms with Gasteiger partial charge >= 0.3 is 0 Å². The van der Waals surface area contributed by atoms with E-state index >= 15 is 0 Å². The molecule has 0 radical (unpaired) electrons. The van der Waals surface area contributed by atoms with Crippen LogP contribution in [-0.2, 0) is 9.59 Å². The fraction of sp³-hybridized carbons (Fsp3) is 0.700. The lowest BCUT2D eigenvalue weighted by Gasteiger charge is -2.34. The van der Waals surface area contributed by atoms with Crippen molar-refractivity contribution in [2.24, 2.45) is 17.8 Å². The third-order valence-electron chi connectivity index (χ3n) is 8.88. The number of benzene rings is 1. The van der Waals surface area contributed by atoms with Crippen molar-refractivity contribution in [2.45, 2.75) is 96.1 Å². The minimum atomic E-state index is -0.305. The Morgan fingerprint density at radius 3 is 1.97 bits per heavy atom. The van der Waals surface area contributed by atoms with Gasteiger partial charge in [-0.1, -0.05) is 0 Å². The van der Waals surface area contributed by atoms with E-state index in [0.717, 1.165) is 76.9 Å². The molecule has 0 aromatic heterocycles. The number of amides is 2. The maximum absolute atomic E-state index is 13.1. The van der Waals surface area contributed by atoms with E-state index < -0.39 is 0 Å². The Morgan fingerprint density at radius 1 is 0.811 bits per heavy atom. The monoisotopic (exact) mass is 513 g/mol. The summed E-state index contributed by atoms with van der Waals surface area (Å²) in [4.78, 5) is 39.0. The molecule has 2 amide bonds. The number of likely N-dealkylation sites (tertiary alicyclic amines) is 1. The SMILES string of the molecule is CC(=O)NC1CCC(CC(=O)N[C@H]2CC[C@H](CCN3CCC(C(=O)c4ccc(F)cc4)CC3)CC2)CC1. The molecule has 1 saturated heterocycles. The van der Waals surface area contributed by atoms with E-state index in [9.17, 15) is 18.8 Å². The van der Waals surface area contributed by atoms with Crippen LogP contribution in [0.2, 0.25) is 0 Å². The van der Waals surface area contributed by atoms with Gasteiger partial charge in [0.05, 0.1) is 0 Å². The van der Waals surface area contributed by atoms with Crippen LogP contribution >= 0.6 is 0 Å². The van der Waals surface area contributed by atoms with E-state index in [1.807, 2.05) is 0 Å². The van der Waals surface area contributed by atoms with E-state index in [2.05, 4.69) is 15.5 Å². The largest absolute Gasteiger partial charge is 0.354 e. The topological polar surface area (TPSA) is 78.5 Å². The highest BCUT2D eigenvalue weighted by Gasteiger charge is 2.28. The first-order valence-corrected chi connectivity index (χ1v) is 14.4. The highest BCUT2D eigenvalue weighted by molar-refractivity contribution is 5.97. The molecular weight excluding hydrogens is 469 g/mol. The quantitative estimate of drug-likeness (QED) is 0.462. The van der Waals surface area contributed by atoms with Crippen molar-refractivity contribution in [1.29, 1.82) is 0 Å². The standard InChI is InChI=1S/C30H44FN3O3/c1-21(35)32-27-12-4-23(5-13-27)20-29(36)33-28-10-2-22(3-11-28)14-17-34-18-15-25(16-19-34)30(37)24-6-8-26(31)9-7-24/h6-9,22-23,25,27-28H,2-5,10-20H2,1H3,(H,32,35)(H,33,36)/t22-,23?,27?,28-. The molecule has 0 spiro atoms. The Hall–Kier alpha value is -2.28. The van der Waals surface area contributed by atoms with E-state index in [1.54, 1.807) is 19.1 Å². The predicted octanol–water partition coefficient (Wildman–Crippen LogP) is 4.87. The first-order valence-electron chi connectivity index (χ1n) is 14.4. The second-order valence-corrected chi connectivity index (χ2v) is 11.7. The second-order valence-electron chi connectivity index (χ2n) is 11.7. The van der Waals surface area contributed by atoms with E-state index in [0.29, 0.717) is 23.9 Å². The van der Waals surface area contributed by atoms with E-state index in [1.165, 1.54) is 31.4 Å². The van der Waals surface area contributed by atoms with Crippen molar-refractivity contribution in [3.8, 4) is 0 Å². The second kappa shape index (κ2) is 13.5. The smallest absolute Gasteiger partial charge is 0.220 e. The Kier molecular flexibility index (Phi) is 10.1. The highest BCUT2D eigenvalue weighted by atomic mass is 19.1. The lowest BCUT2D eigenvalue weighted by molar-refractivity contribution is -0.124. The van der Waals surface area contributed by atoms with Crippen molar-refractivity contribution >= 4 is 17.6 Å². The fourth-order valence-corrected chi connectivity index (χ4v) is 6.58. The summed E-state index contributed by atoms with van der Waals surface area (Å²) in [6.45, 7) is 4.56. The number of carbonyl (C=O) groups is 3. The normalized spacial score (nSPS) is 27.4. The molecule has 1 heterocycles. The van der Waals surface area contributed by atoms with Crippen LogP contribution in [0.3, 0.4) is 0 Å². The number of carbonyl (C=O) groups excluding carboxylic acids is 3. The van der Waals surface area contributed by atoms with Crippen LogP contribution in [-0.4, -0.2) is 54.2 Å². The third kappa shape index (κ3) is 8.62. The minimum absolute atomic E-state index is 0.0383. The Bertz CT molecular complexity index is 897. The number of piperidine rings is 1. The van der Waals surface area contributed by atoms with Gasteiger partial charge in [-0.2, -0.15) is 0 Å². The van der Waals surface area contributed by atoms with Crippen molar-refractivity contribution in [3.63, 3.8) is 0 Å². The van der Waals surface area contributed by atoms with Gasteiger partial charge in [-0.3, -0.25) is 14.4 Å². The van der Waals surface area contributed by atoms with Crippen LogP contribution in [0.25, 0.3) is 0 Å². The van der Waals surface area contributed by atoms with Gasteiger partial charge in [-0.05, 0) is 126 Å². The first-order chi connectivity index (χ1) is 17.9. The summed E-state index contributed by atoms with van der Waals surface area (Å²) in [7, 11) is 0. The summed E-state index contributed by atoms with van der Waals surface area (Å²) >= 11 is 0.